The molecule has 1 saturated heterocycles. The highest BCUT2D eigenvalue weighted by Gasteiger charge is 2.19. The van der Waals surface area contributed by atoms with Crippen LogP contribution >= 0.6 is 0 Å². The number of nitrogens with two attached hydrogens (primary N) is 1. The van der Waals surface area contributed by atoms with Crippen LogP contribution in [0.4, 0.5) is 5.82 Å². The summed E-state index contributed by atoms with van der Waals surface area (Å²) in [6.07, 6.45) is 3.63. The monoisotopic (exact) mass is 286 g/mol. The average molecular weight is 286 g/mol. The van der Waals surface area contributed by atoms with Gasteiger partial charge in [-0.25, -0.2) is 4.98 Å². The summed E-state index contributed by atoms with van der Waals surface area (Å²) in [6.45, 7) is 1.71. The Balaban J connectivity index is 2.09. The van der Waals surface area contributed by atoms with Gasteiger partial charge >= 0.3 is 0 Å². The molecule has 4 N–H and O–H groups in total. The van der Waals surface area contributed by atoms with Crippen molar-refractivity contribution in [1.82, 2.24) is 14.9 Å². The summed E-state index contributed by atoms with van der Waals surface area (Å²) in [4.78, 5) is 16.3. The number of benzene rings is 1. The maximum Gasteiger partial charge on any atom is 0.293 e. The number of hydrogen-bond donors (Lipinski definition) is 3. The van der Waals surface area contributed by atoms with Crippen LogP contribution in [0.1, 0.15) is 18.9 Å². The van der Waals surface area contributed by atoms with E-state index in [1.165, 1.54) is 0 Å². The van der Waals surface area contributed by atoms with Crippen LogP contribution in [0.5, 0.6) is 5.75 Å². The highest BCUT2D eigenvalue weighted by Crippen LogP contribution is 2.27. The topological polar surface area (TPSA) is 93.2 Å². The second-order valence-electron chi connectivity index (χ2n) is 5.24. The van der Waals surface area contributed by atoms with Crippen LogP contribution in [-0.4, -0.2) is 27.7 Å². The van der Waals surface area contributed by atoms with Crippen LogP contribution in [0.25, 0.3) is 11.3 Å². The molecule has 6 nitrogen and oxygen atoms in total. The number of nitrogens with zero attached hydrogens (tertiary/aromatic N) is 2. The smallest absolute Gasteiger partial charge is 0.293 e. The number of nitrogen functional groups attached to an aromatic ring is 1. The third-order valence-corrected chi connectivity index (χ3v) is 3.80. The number of anilines is 1. The second kappa shape index (κ2) is 5.57. The van der Waals surface area contributed by atoms with E-state index < -0.39 is 0 Å². The molecule has 1 atom stereocenters. The van der Waals surface area contributed by atoms with E-state index >= 15 is 0 Å². The van der Waals surface area contributed by atoms with E-state index in [0.717, 1.165) is 25.9 Å². The van der Waals surface area contributed by atoms with E-state index in [1.54, 1.807) is 29.0 Å². The lowest BCUT2D eigenvalue weighted by Crippen LogP contribution is -2.37. The zero-order chi connectivity index (χ0) is 14.8. The van der Waals surface area contributed by atoms with Crippen molar-refractivity contribution in [2.24, 2.45) is 0 Å². The molecule has 1 aliphatic rings. The van der Waals surface area contributed by atoms with Crippen molar-refractivity contribution in [2.75, 3.05) is 18.8 Å². The molecule has 0 saturated carbocycles. The van der Waals surface area contributed by atoms with Gasteiger partial charge < -0.3 is 20.7 Å². The molecule has 3 rings (SSSR count). The summed E-state index contributed by atoms with van der Waals surface area (Å²) >= 11 is 0. The molecule has 1 aromatic carbocycles. The minimum Gasteiger partial charge on any atom is -0.507 e. The lowest BCUT2D eigenvalue weighted by Gasteiger charge is -2.25. The molecule has 110 valence electrons. The van der Waals surface area contributed by atoms with Gasteiger partial charge in [0.2, 0.25) is 0 Å². The maximum absolute atomic E-state index is 12.2. The van der Waals surface area contributed by atoms with E-state index in [2.05, 4.69) is 10.3 Å². The Bertz CT molecular complexity index is 705. The van der Waals surface area contributed by atoms with E-state index in [0.29, 0.717) is 11.3 Å². The second-order valence-corrected chi connectivity index (χ2v) is 5.24. The number of aromatic nitrogens is 2. The molecule has 1 unspecified atom stereocenters. The summed E-state index contributed by atoms with van der Waals surface area (Å²) in [6, 6.07) is 6.96. The maximum atomic E-state index is 12.2. The molecule has 0 aliphatic carbocycles. The molecule has 2 aromatic rings. The Hall–Kier alpha value is -2.34. The number of phenolic OH excluding ortho intramolecular Hbond substituents is 1. The number of phenols is 1. The van der Waals surface area contributed by atoms with Gasteiger partial charge in [-0.15, -0.1) is 0 Å². The Morgan fingerprint density at radius 1 is 1.38 bits per heavy atom. The number of aromatic hydroxyl groups is 1. The van der Waals surface area contributed by atoms with Gasteiger partial charge in [0.25, 0.3) is 5.56 Å². The standard InChI is InChI=1S/C15H18N4O2/c16-14-15(21)19(10-4-3-7-17-8-10)9-12(18-14)11-5-1-2-6-13(11)20/h1-2,5-6,9-10,17,20H,3-4,7-8H2,(H2,16,18). The summed E-state index contributed by atoms with van der Waals surface area (Å²) in [5.41, 5.74) is 6.57. The van der Waals surface area contributed by atoms with Gasteiger partial charge in [0, 0.05) is 24.3 Å². The van der Waals surface area contributed by atoms with Gasteiger partial charge in [-0.2, -0.15) is 0 Å². The molecule has 0 radical (unpaired) electrons. The lowest BCUT2D eigenvalue weighted by molar-refractivity contribution is 0.364. The van der Waals surface area contributed by atoms with Gasteiger partial charge in [0.05, 0.1) is 5.69 Å². The van der Waals surface area contributed by atoms with Gasteiger partial charge in [0.1, 0.15) is 5.75 Å². The number of hydrogen-bond acceptors (Lipinski definition) is 5. The first-order valence-electron chi connectivity index (χ1n) is 7.04. The predicted octanol–water partition coefficient (Wildman–Crippen LogP) is 1.12. The van der Waals surface area contributed by atoms with Gasteiger partial charge in [-0.05, 0) is 31.5 Å². The minimum absolute atomic E-state index is 0.0404. The Labute approximate surface area is 122 Å². The zero-order valence-corrected chi connectivity index (χ0v) is 11.6. The normalized spacial score (nSPS) is 18.6. The molecular formula is C15H18N4O2. The predicted molar refractivity (Wildman–Crippen MR) is 81.2 cm³/mol. The quantitative estimate of drug-likeness (QED) is 0.769. The molecule has 1 aromatic heterocycles. The van der Waals surface area contributed by atoms with E-state index in [4.69, 9.17) is 5.73 Å². The van der Waals surface area contributed by atoms with Crippen molar-refractivity contribution in [2.45, 2.75) is 18.9 Å². The van der Waals surface area contributed by atoms with Crippen molar-refractivity contribution in [3.05, 3.63) is 40.8 Å². The number of rotatable bonds is 2. The van der Waals surface area contributed by atoms with Gasteiger partial charge in [-0.1, -0.05) is 12.1 Å². The van der Waals surface area contributed by atoms with Crippen molar-refractivity contribution in [3.8, 4) is 17.0 Å². The highest BCUT2D eigenvalue weighted by atomic mass is 16.3. The highest BCUT2D eigenvalue weighted by molar-refractivity contribution is 5.66. The fraction of sp³-hybridized carbons (Fsp3) is 0.333. The zero-order valence-electron chi connectivity index (χ0n) is 11.6. The van der Waals surface area contributed by atoms with Crippen LogP contribution in [0.3, 0.4) is 0 Å². The third kappa shape index (κ3) is 2.62. The van der Waals surface area contributed by atoms with E-state index in [9.17, 15) is 9.90 Å². The van der Waals surface area contributed by atoms with Crippen LogP contribution < -0.4 is 16.6 Å². The summed E-state index contributed by atoms with van der Waals surface area (Å²) < 4.78 is 1.64. The van der Waals surface area contributed by atoms with Crippen molar-refractivity contribution >= 4 is 5.82 Å². The fourth-order valence-electron chi connectivity index (χ4n) is 2.69. The molecule has 6 heteroatoms. The third-order valence-electron chi connectivity index (χ3n) is 3.80. The van der Waals surface area contributed by atoms with Crippen LogP contribution in [0, 0.1) is 0 Å². The van der Waals surface area contributed by atoms with E-state index in [-0.39, 0.29) is 23.2 Å². The van der Waals surface area contributed by atoms with Crippen LogP contribution in [0.15, 0.2) is 35.3 Å². The van der Waals surface area contributed by atoms with Crippen LogP contribution in [0.2, 0.25) is 0 Å². The SMILES string of the molecule is Nc1nc(-c2ccccc2O)cn(C2CCCNC2)c1=O. The number of piperidine rings is 1. The average Bonchev–Trinajstić information content (AvgIpc) is 2.51. The molecule has 0 amide bonds. The molecule has 0 spiro atoms. The first-order chi connectivity index (χ1) is 10.2. The lowest BCUT2D eigenvalue weighted by atomic mass is 10.1. The molecule has 21 heavy (non-hydrogen) atoms. The molecular weight excluding hydrogens is 268 g/mol. The van der Waals surface area contributed by atoms with Crippen LogP contribution in [-0.2, 0) is 0 Å². The summed E-state index contributed by atoms with van der Waals surface area (Å²) in [5.74, 6) is 0.0812. The van der Waals surface area contributed by atoms with Gasteiger partial charge in [-0.3, -0.25) is 4.79 Å². The Kier molecular flexibility index (Phi) is 3.62. The molecule has 0 bridgehead atoms. The largest absolute Gasteiger partial charge is 0.507 e. The number of nitrogens with one attached hydrogen (secondary N) is 1. The summed E-state index contributed by atoms with van der Waals surface area (Å²) in [5, 5.41) is 13.2. The first-order valence-corrected chi connectivity index (χ1v) is 7.04. The van der Waals surface area contributed by atoms with E-state index in [1.807, 2.05) is 6.07 Å². The molecule has 1 fully saturated rings. The molecule has 2 heterocycles. The van der Waals surface area contributed by atoms with Crippen molar-refractivity contribution < 1.29 is 5.11 Å². The Morgan fingerprint density at radius 3 is 2.90 bits per heavy atom. The first kappa shape index (κ1) is 13.6. The molecule has 1 aliphatic heterocycles. The van der Waals surface area contributed by atoms with Crippen molar-refractivity contribution in [1.29, 1.82) is 0 Å². The van der Waals surface area contributed by atoms with Crippen molar-refractivity contribution in [3.63, 3.8) is 0 Å². The minimum atomic E-state index is -0.275. The Morgan fingerprint density at radius 2 is 2.19 bits per heavy atom. The number of para-hydroxylation sites is 1. The fourth-order valence-corrected chi connectivity index (χ4v) is 2.69. The van der Waals surface area contributed by atoms with Gasteiger partial charge in [0.15, 0.2) is 5.82 Å². The summed E-state index contributed by atoms with van der Waals surface area (Å²) in [7, 11) is 0.